The van der Waals surface area contributed by atoms with Crippen LogP contribution in [0.1, 0.15) is 11.1 Å². The highest BCUT2D eigenvalue weighted by molar-refractivity contribution is 6.31. The van der Waals surface area contributed by atoms with E-state index in [1.54, 1.807) is 49.6 Å². The lowest BCUT2D eigenvalue weighted by atomic mass is 10.2. The Bertz CT molecular complexity index is 1330. The van der Waals surface area contributed by atoms with Gasteiger partial charge < -0.3 is 4.74 Å². The molecule has 0 aliphatic carbocycles. The molecule has 0 atom stereocenters. The monoisotopic (exact) mass is 425 g/mol. The fourth-order valence-electron chi connectivity index (χ4n) is 3.29. The molecule has 30 heavy (non-hydrogen) atoms. The molecule has 2 heterocycles. The highest BCUT2D eigenvalue weighted by atomic mass is 35.5. The molecular weight excluding hydrogens is 409 g/mol. The average molecular weight is 426 g/mol. The molecule has 0 unspecified atom stereocenters. The van der Waals surface area contributed by atoms with Crippen LogP contribution in [0, 0.1) is 5.82 Å². The van der Waals surface area contributed by atoms with Crippen molar-refractivity contribution in [3.05, 3.63) is 104 Å². The maximum absolute atomic E-state index is 14.4. The van der Waals surface area contributed by atoms with Crippen molar-refractivity contribution in [1.82, 2.24) is 14.1 Å². The first kappa shape index (κ1) is 19.8. The van der Waals surface area contributed by atoms with Gasteiger partial charge in [-0.05, 0) is 42.0 Å². The smallest absolute Gasteiger partial charge is 0.332 e. The Labute approximate surface area is 175 Å². The number of halogens is 2. The number of hydrogen-bond donors (Lipinski definition) is 0. The van der Waals surface area contributed by atoms with Gasteiger partial charge >= 0.3 is 5.69 Å². The zero-order valence-corrected chi connectivity index (χ0v) is 16.8. The molecule has 152 valence electrons. The van der Waals surface area contributed by atoms with Gasteiger partial charge in [0.25, 0.3) is 5.56 Å². The van der Waals surface area contributed by atoms with Crippen LogP contribution in [0.5, 0.6) is 5.75 Å². The molecule has 0 fully saturated rings. The van der Waals surface area contributed by atoms with E-state index in [2.05, 4.69) is 4.98 Å². The second-order valence-electron chi connectivity index (χ2n) is 6.68. The van der Waals surface area contributed by atoms with Gasteiger partial charge in [-0.2, -0.15) is 0 Å². The normalized spacial score (nSPS) is 11.0. The van der Waals surface area contributed by atoms with Crippen LogP contribution in [0.25, 0.3) is 11.0 Å². The van der Waals surface area contributed by atoms with Gasteiger partial charge in [-0.15, -0.1) is 0 Å². The van der Waals surface area contributed by atoms with Crippen LogP contribution in [0.4, 0.5) is 4.39 Å². The molecule has 6 nitrogen and oxygen atoms in total. The molecule has 0 radical (unpaired) electrons. The topological polar surface area (TPSA) is 66.1 Å². The van der Waals surface area contributed by atoms with Crippen LogP contribution in [0.15, 0.2) is 70.4 Å². The summed E-state index contributed by atoms with van der Waals surface area (Å²) in [5, 5.41) is 0.201. The van der Waals surface area contributed by atoms with Crippen molar-refractivity contribution in [2.75, 3.05) is 7.11 Å². The lowest BCUT2D eigenvalue weighted by Gasteiger charge is -2.15. The number of benzene rings is 2. The van der Waals surface area contributed by atoms with E-state index in [0.717, 1.165) is 10.1 Å². The summed E-state index contributed by atoms with van der Waals surface area (Å²) in [5.41, 5.74) is 0.260. The first-order valence-corrected chi connectivity index (χ1v) is 9.51. The second kappa shape index (κ2) is 8.12. The molecule has 0 spiro atoms. The molecule has 0 saturated heterocycles. The maximum atomic E-state index is 14.4. The zero-order valence-electron chi connectivity index (χ0n) is 16.0. The third-order valence-corrected chi connectivity index (χ3v) is 5.22. The van der Waals surface area contributed by atoms with Gasteiger partial charge in [0.1, 0.15) is 11.6 Å². The van der Waals surface area contributed by atoms with Gasteiger partial charge in [0.2, 0.25) is 0 Å². The number of methoxy groups -OCH3 is 1. The van der Waals surface area contributed by atoms with Crippen molar-refractivity contribution in [1.29, 1.82) is 0 Å². The minimum Gasteiger partial charge on any atom is -0.497 e. The summed E-state index contributed by atoms with van der Waals surface area (Å²) in [6, 6.07) is 14.6. The summed E-state index contributed by atoms with van der Waals surface area (Å²) in [6.45, 7) is -0.0887. The van der Waals surface area contributed by atoms with E-state index in [1.165, 1.54) is 22.9 Å². The van der Waals surface area contributed by atoms with Crippen molar-refractivity contribution in [3.8, 4) is 5.75 Å². The minimum absolute atomic E-state index is 0.0409. The Morgan fingerprint density at radius 2 is 1.77 bits per heavy atom. The summed E-state index contributed by atoms with van der Waals surface area (Å²) in [6.07, 6.45) is 1.48. The van der Waals surface area contributed by atoms with E-state index < -0.39 is 17.1 Å². The molecule has 0 N–H and O–H groups in total. The fourth-order valence-corrected chi connectivity index (χ4v) is 3.51. The molecule has 4 aromatic rings. The van der Waals surface area contributed by atoms with Gasteiger partial charge in [-0.3, -0.25) is 13.9 Å². The summed E-state index contributed by atoms with van der Waals surface area (Å²) >= 11 is 6.16. The van der Waals surface area contributed by atoms with Crippen LogP contribution in [-0.2, 0) is 13.1 Å². The van der Waals surface area contributed by atoms with Crippen LogP contribution >= 0.6 is 11.6 Å². The van der Waals surface area contributed by atoms with Crippen molar-refractivity contribution >= 4 is 22.6 Å². The third-order valence-electron chi connectivity index (χ3n) is 4.86. The van der Waals surface area contributed by atoms with Crippen LogP contribution in [-0.4, -0.2) is 21.2 Å². The second-order valence-corrected chi connectivity index (χ2v) is 7.09. The number of fused-ring (bicyclic) bond motifs is 1. The van der Waals surface area contributed by atoms with Crippen molar-refractivity contribution in [2.24, 2.45) is 0 Å². The van der Waals surface area contributed by atoms with E-state index in [0.29, 0.717) is 11.3 Å². The Balaban J connectivity index is 1.89. The standard InChI is InChI=1S/C22H17ClFN3O3/c1-30-15-9-7-14(8-10-15)12-27-21(28)20-19(6-3-11-25-20)26(22(27)29)13-16-17(23)4-2-5-18(16)24/h2-11H,12-13H2,1H3. The zero-order chi connectivity index (χ0) is 21.3. The van der Waals surface area contributed by atoms with Gasteiger partial charge in [0, 0.05) is 16.8 Å². The number of hydrogen-bond acceptors (Lipinski definition) is 4. The summed E-state index contributed by atoms with van der Waals surface area (Å²) in [7, 11) is 1.56. The Hall–Kier alpha value is -3.45. The Kier molecular flexibility index (Phi) is 5.37. The van der Waals surface area contributed by atoms with Gasteiger partial charge in [-0.1, -0.05) is 29.8 Å². The van der Waals surface area contributed by atoms with Crippen LogP contribution < -0.4 is 16.0 Å². The Morgan fingerprint density at radius 3 is 2.47 bits per heavy atom. The lowest BCUT2D eigenvalue weighted by Crippen LogP contribution is -2.41. The van der Waals surface area contributed by atoms with Crippen molar-refractivity contribution in [3.63, 3.8) is 0 Å². The SMILES string of the molecule is COc1ccc(Cn2c(=O)c3ncccc3n(Cc3c(F)cccc3Cl)c2=O)cc1. The largest absolute Gasteiger partial charge is 0.497 e. The van der Waals surface area contributed by atoms with Gasteiger partial charge in [0.15, 0.2) is 5.52 Å². The highest BCUT2D eigenvalue weighted by Gasteiger charge is 2.17. The van der Waals surface area contributed by atoms with E-state index >= 15 is 0 Å². The molecule has 8 heteroatoms. The van der Waals surface area contributed by atoms with E-state index in [4.69, 9.17) is 16.3 Å². The molecular formula is C22H17ClFN3O3. The third kappa shape index (κ3) is 3.59. The molecule has 4 rings (SSSR count). The Morgan fingerprint density at radius 1 is 1.00 bits per heavy atom. The van der Waals surface area contributed by atoms with E-state index in [-0.39, 0.29) is 29.2 Å². The molecule has 2 aromatic heterocycles. The molecule has 0 bridgehead atoms. The number of aromatic nitrogens is 3. The van der Waals surface area contributed by atoms with E-state index in [1.807, 2.05) is 0 Å². The summed E-state index contributed by atoms with van der Waals surface area (Å²) < 4.78 is 21.9. The molecule has 0 aliphatic heterocycles. The number of pyridine rings is 1. The number of rotatable bonds is 5. The van der Waals surface area contributed by atoms with E-state index in [9.17, 15) is 14.0 Å². The highest BCUT2D eigenvalue weighted by Crippen LogP contribution is 2.21. The fraction of sp³-hybridized carbons (Fsp3) is 0.136. The predicted molar refractivity (Wildman–Crippen MR) is 113 cm³/mol. The number of ether oxygens (including phenoxy) is 1. The van der Waals surface area contributed by atoms with Crippen LogP contribution in [0.3, 0.4) is 0 Å². The molecule has 0 amide bonds. The predicted octanol–water partition coefficient (Wildman–Crippen LogP) is 3.46. The van der Waals surface area contributed by atoms with Crippen molar-refractivity contribution in [2.45, 2.75) is 13.1 Å². The van der Waals surface area contributed by atoms with Crippen LogP contribution in [0.2, 0.25) is 5.02 Å². The average Bonchev–Trinajstić information content (AvgIpc) is 2.76. The van der Waals surface area contributed by atoms with Crippen molar-refractivity contribution < 1.29 is 9.13 Å². The first-order chi connectivity index (χ1) is 14.5. The maximum Gasteiger partial charge on any atom is 0.332 e. The molecule has 0 saturated carbocycles. The lowest BCUT2D eigenvalue weighted by molar-refractivity contribution is 0.414. The number of nitrogens with zero attached hydrogens (tertiary/aromatic N) is 3. The summed E-state index contributed by atoms with van der Waals surface area (Å²) in [4.78, 5) is 30.4. The molecule has 0 aliphatic rings. The summed E-state index contributed by atoms with van der Waals surface area (Å²) in [5.74, 6) is 0.136. The molecule has 2 aromatic carbocycles. The van der Waals surface area contributed by atoms with Gasteiger partial charge in [-0.25, -0.2) is 14.2 Å². The quantitative estimate of drug-likeness (QED) is 0.491. The first-order valence-electron chi connectivity index (χ1n) is 9.14. The minimum atomic E-state index is -0.573. The van der Waals surface area contributed by atoms with Gasteiger partial charge in [0.05, 0.1) is 25.7 Å².